The number of hydrogen-bond acceptors (Lipinski definition) is 3. The normalized spacial score (nSPS) is 14.1. The largest absolute Gasteiger partial charge is 0.444 e. The summed E-state index contributed by atoms with van der Waals surface area (Å²) in [5, 5.41) is 12.7. The first-order valence-electron chi connectivity index (χ1n) is 7.16. The third-order valence-corrected chi connectivity index (χ3v) is 2.94. The summed E-state index contributed by atoms with van der Waals surface area (Å²) in [6, 6.07) is 9.51. The van der Waals surface area contributed by atoms with Crippen molar-refractivity contribution in [3.05, 3.63) is 48.6 Å². The molecule has 0 aromatic heterocycles. The van der Waals surface area contributed by atoms with Crippen LogP contribution < -0.4 is 5.32 Å². The minimum atomic E-state index is -0.804. The topological polar surface area (TPSA) is 58.6 Å². The first-order valence-corrected chi connectivity index (χ1v) is 7.16. The van der Waals surface area contributed by atoms with E-state index in [2.05, 4.69) is 11.9 Å². The lowest BCUT2D eigenvalue weighted by Gasteiger charge is -2.25. The van der Waals surface area contributed by atoms with E-state index in [0.29, 0.717) is 6.42 Å². The number of rotatable bonds is 6. The van der Waals surface area contributed by atoms with Gasteiger partial charge < -0.3 is 15.2 Å². The van der Waals surface area contributed by atoms with Crippen molar-refractivity contribution in [2.24, 2.45) is 0 Å². The second kappa shape index (κ2) is 7.84. The fourth-order valence-electron chi connectivity index (χ4n) is 1.92. The first-order chi connectivity index (χ1) is 9.81. The van der Waals surface area contributed by atoms with E-state index in [4.69, 9.17) is 4.74 Å². The van der Waals surface area contributed by atoms with Crippen LogP contribution >= 0.6 is 0 Å². The predicted octanol–water partition coefficient (Wildman–Crippen LogP) is 3.06. The summed E-state index contributed by atoms with van der Waals surface area (Å²) in [7, 11) is 0. The zero-order chi connectivity index (χ0) is 15.9. The van der Waals surface area contributed by atoms with Gasteiger partial charge in [0, 0.05) is 0 Å². The number of hydrogen-bond donors (Lipinski definition) is 2. The van der Waals surface area contributed by atoms with E-state index >= 15 is 0 Å². The second-order valence-corrected chi connectivity index (χ2v) is 6.00. The average Bonchev–Trinajstić information content (AvgIpc) is 2.41. The van der Waals surface area contributed by atoms with Crippen LogP contribution in [-0.4, -0.2) is 28.9 Å². The van der Waals surface area contributed by atoms with Gasteiger partial charge in [0.25, 0.3) is 0 Å². The minimum Gasteiger partial charge on any atom is -0.444 e. The van der Waals surface area contributed by atoms with Gasteiger partial charge in [0.15, 0.2) is 0 Å². The maximum absolute atomic E-state index is 11.8. The summed E-state index contributed by atoms with van der Waals surface area (Å²) < 4.78 is 5.22. The Kier molecular flexibility index (Phi) is 6.43. The third-order valence-electron chi connectivity index (χ3n) is 2.94. The van der Waals surface area contributed by atoms with Gasteiger partial charge in [0.2, 0.25) is 0 Å². The van der Waals surface area contributed by atoms with E-state index in [1.54, 1.807) is 20.8 Å². The number of aliphatic hydroxyl groups excluding tert-OH is 1. The average molecular weight is 291 g/mol. The Bertz CT molecular complexity index is 451. The molecular formula is C17H25NO3. The van der Waals surface area contributed by atoms with Gasteiger partial charge >= 0.3 is 6.09 Å². The molecule has 1 rings (SSSR count). The third kappa shape index (κ3) is 6.95. The number of aryl methyl sites for hydroxylation is 1. The fourth-order valence-corrected chi connectivity index (χ4v) is 1.92. The monoisotopic (exact) mass is 291 g/mol. The number of carbonyl (C=O) groups is 1. The van der Waals surface area contributed by atoms with Crippen molar-refractivity contribution >= 4 is 6.09 Å². The molecule has 1 aromatic carbocycles. The zero-order valence-corrected chi connectivity index (χ0v) is 13.0. The molecule has 0 saturated carbocycles. The Morgan fingerprint density at radius 1 is 1.38 bits per heavy atom. The highest BCUT2D eigenvalue weighted by Gasteiger charge is 2.22. The molecule has 0 spiro atoms. The van der Waals surface area contributed by atoms with Crippen LogP contribution in [0.5, 0.6) is 0 Å². The van der Waals surface area contributed by atoms with Gasteiger partial charge in [0.1, 0.15) is 5.60 Å². The summed E-state index contributed by atoms with van der Waals surface area (Å²) in [5.74, 6) is 0. The van der Waals surface area contributed by atoms with Crippen molar-refractivity contribution < 1.29 is 14.6 Å². The standard InChI is InChI=1S/C17H25NO3/c1-5-15(19)14(18-16(20)21-17(2,3)4)12-11-13-9-7-6-8-10-13/h5-10,14-15,19H,1,11-12H2,2-4H3,(H,18,20)/t14-,15?/m0/s1. The van der Waals surface area contributed by atoms with Crippen LogP contribution in [0.25, 0.3) is 0 Å². The van der Waals surface area contributed by atoms with Crippen molar-refractivity contribution in [1.82, 2.24) is 5.32 Å². The van der Waals surface area contributed by atoms with E-state index in [1.807, 2.05) is 30.3 Å². The molecule has 0 radical (unpaired) electrons. The molecule has 4 nitrogen and oxygen atoms in total. The van der Waals surface area contributed by atoms with Gasteiger partial charge in [-0.05, 0) is 39.2 Å². The van der Waals surface area contributed by atoms with Crippen LogP contribution in [0.3, 0.4) is 0 Å². The lowest BCUT2D eigenvalue weighted by Crippen LogP contribution is -2.45. The SMILES string of the molecule is C=CC(O)[C@H](CCc1ccccc1)NC(=O)OC(C)(C)C. The summed E-state index contributed by atoms with van der Waals surface area (Å²) in [5.41, 5.74) is 0.595. The number of amides is 1. The molecule has 2 atom stereocenters. The number of alkyl carbamates (subject to hydrolysis) is 1. The van der Waals surface area contributed by atoms with Crippen molar-refractivity contribution in [2.75, 3.05) is 0 Å². The summed E-state index contributed by atoms with van der Waals surface area (Å²) in [6.45, 7) is 8.98. The zero-order valence-electron chi connectivity index (χ0n) is 13.0. The van der Waals surface area contributed by atoms with Crippen molar-refractivity contribution in [2.45, 2.75) is 51.4 Å². The minimum absolute atomic E-state index is 0.419. The molecule has 0 bridgehead atoms. The molecule has 1 unspecified atom stereocenters. The number of carbonyl (C=O) groups excluding carboxylic acids is 1. The van der Waals surface area contributed by atoms with Gasteiger partial charge in [-0.1, -0.05) is 36.4 Å². The molecule has 0 aliphatic carbocycles. The van der Waals surface area contributed by atoms with Crippen LogP contribution in [0.4, 0.5) is 4.79 Å². The molecule has 0 saturated heterocycles. The van der Waals surface area contributed by atoms with Crippen LogP contribution in [0.15, 0.2) is 43.0 Å². The van der Waals surface area contributed by atoms with Gasteiger partial charge in [0.05, 0.1) is 12.1 Å². The molecule has 0 aliphatic rings. The van der Waals surface area contributed by atoms with Crippen LogP contribution in [0.2, 0.25) is 0 Å². The van der Waals surface area contributed by atoms with Gasteiger partial charge in [-0.25, -0.2) is 4.79 Å². The molecular weight excluding hydrogens is 266 g/mol. The molecule has 0 aliphatic heterocycles. The Morgan fingerprint density at radius 2 is 2.00 bits per heavy atom. The molecule has 21 heavy (non-hydrogen) atoms. The Labute approximate surface area is 126 Å². The summed E-state index contributed by atoms with van der Waals surface area (Å²) >= 11 is 0. The molecule has 1 aromatic rings. The van der Waals surface area contributed by atoms with E-state index < -0.39 is 23.8 Å². The number of aliphatic hydroxyl groups is 1. The van der Waals surface area contributed by atoms with E-state index in [1.165, 1.54) is 6.08 Å². The first kappa shape index (κ1) is 17.2. The fraction of sp³-hybridized carbons (Fsp3) is 0.471. The van der Waals surface area contributed by atoms with Crippen LogP contribution in [0.1, 0.15) is 32.8 Å². The molecule has 4 heteroatoms. The molecule has 2 N–H and O–H groups in total. The highest BCUT2D eigenvalue weighted by molar-refractivity contribution is 5.68. The maximum atomic E-state index is 11.8. The van der Waals surface area contributed by atoms with Crippen molar-refractivity contribution in [3.8, 4) is 0 Å². The Balaban J connectivity index is 2.60. The van der Waals surface area contributed by atoms with E-state index in [0.717, 1.165) is 12.0 Å². The molecule has 0 heterocycles. The number of benzene rings is 1. The van der Waals surface area contributed by atoms with Crippen LogP contribution in [0, 0.1) is 0 Å². The smallest absolute Gasteiger partial charge is 0.407 e. The van der Waals surface area contributed by atoms with E-state index in [9.17, 15) is 9.90 Å². The van der Waals surface area contributed by atoms with Gasteiger partial charge in [-0.3, -0.25) is 0 Å². The summed E-state index contributed by atoms with van der Waals surface area (Å²) in [6.07, 6.45) is 1.46. The Hall–Kier alpha value is -1.81. The molecule has 0 fully saturated rings. The number of nitrogens with one attached hydrogen (secondary N) is 1. The van der Waals surface area contributed by atoms with Gasteiger partial charge in [-0.2, -0.15) is 0 Å². The molecule has 116 valence electrons. The Morgan fingerprint density at radius 3 is 2.52 bits per heavy atom. The highest BCUT2D eigenvalue weighted by Crippen LogP contribution is 2.11. The van der Waals surface area contributed by atoms with Gasteiger partial charge in [-0.15, -0.1) is 6.58 Å². The number of ether oxygens (including phenoxy) is 1. The lowest BCUT2D eigenvalue weighted by atomic mass is 10.0. The van der Waals surface area contributed by atoms with Crippen LogP contribution in [-0.2, 0) is 11.2 Å². The second-order valence-electron chi connectivity index (χ2n) is 6.00. The predicted molar refractivity (Wildman–Crippen MR) is 84.1 cm³/mol. The molecule has 1 amide bonds. The van der Waals surface area contributed by atoms with Crippen molar-refractivity contribution in [1.29, 1.82) is 0 Å². The lowest BCUT2D eigenvalue weighted by molar-refractivity contribution is 0.0450. The maximum Gasteiger partial charge on any atom is 0.407 e. The summed E-state index contributed by atoms with van der Waals surface area (Å²) in [4.78, 5) is 11.8. The quantitative estimate of drug-likeness (QED) is 0.792. The van der Waals surface area contributed by atoms with Crippen molar-refractivity contribution in [3.63, 3.8) is 0 Å². The van der Waals surface area contributed by atoms with E-state index in [-0.39, 0.29) is 0 Å². The highest BCUT2D eigenvalue weighted by atomic mass is 16.6.